The molecule has 84 valence electrons. The molecule has 1 aromatic rings. The molecule has 1 unspecified atom stereocenters. The monoisotopic (exact) mass is 225 g/mol. The highest BCUT2D eigenvalue weighted by atomic mass is 19.1. The van der Waals surface area contributed by atoms with Gasteiger partial charge in [-0.05, 0) is 12.1 Å². The Bertz CT molecular complexity index is 453. The van der Waals surface area contributed by atoms with Crippen molar-refractivity contribution < 1.29 is 13.6 Å². The van der Waals surface area contributed by atoms with Crippen LogP contribution in [0.15, 0.2) is 23.2 Å². The van der Waals surface area contributed by atoms with Crippen LogP contribution in [0.5, 0.6) is 0 Å². The molecule has 4 nitrogen and oxygen atoms in total. The van der Waals surface area contributed by atoms with Crippen molar-refractivity contribution in [3.63, 3.8) is 0 Å². The maximum absolute atomic E-state index is 13.4. The van der Waals surface area contributed by atoms with Crippen LogP contribution in [0.2, 0.25) is 0 Å². The van der Waals surface area contributed by atoms with Crippen molar-refractivity contribution >= 4 is 11.9 Å². The summed E-state index contributed by atoms with van der Waals surface area (Å²) in [5.41, 5.74) is -0.293. The number of carbonyl (C=O) groups excluding carboxylic acids is 1. The maximum Gasteiger partial charge on any atom is 0.254 e. The highest BCUT2D eigenvalue weighted by molar-refractivity contribution is 6.06. The van der Waals surface area contributed by atoms with Crippen LogP contribution in [0.25, 0.3) is 0 Å². The molecule has 1 amide bonds. The zero-order valence-corrected chi connectivity index (χ0v) is 8.42. The summed E-state index contributed by atoms with van der Waals surface area (Å²) in [7, 11) is 1.46. The molecule has 0 aromatic heterocycles. The normalized spacial score (nSPS) is 22.1. The summed E-state index contributed by atoms with van der Waals surface area (Å²) in [6, 6.07) is 2.39. The van der Waals surface area contributed by atoms with Crippen molar-refractivity contribution in [1.82, 2.24) is 10.6 Å². The van der Waals surface area contributed by atoms with E-state index in [1.165, 1.54) is 13.1 Å². The first-order chi connectivity index (χ1) is 7.63. The van der Waals surface area contributed by atoms with Crippen LogP contribution in [0.1, 0.15) is 11.6 Å². The van der Waals surface area contributed by atoms with E-state index < -0.39 is 23.6 Å². The van der Waals surface area contributed by atoms with Gasteiger partial charge in [0.05, 0.1) is 5.56 Å². The number of hydrogen-bond acceptors (Lipinski definition) is 2. The second kappa shape index (κ2) is 3.88. The first-order valence-corrected chi connectivity index (χ1v) is 4.61. The largest absolute Gasteiger partial charge is 0.340 e. The molecular formula is C10H9F2N3O. The SMILES string of the molecule is CN=C1NC(=O)C(c2c(F)cccc2F)N1. The summed E-state index contributed by atoms with van der Waals surface area (Å²) in [4.78, 5) is 15.2. The Morgan fingerprint density at radius 2 is 1.94 bits per heavy atom. The molecule has 1 aromatic carbocycles. The average Bonchev–Trinajstić information content (AvgIpc) is 2.60. The summed E-state index contributed by atoms with van der Waals surface area (Å²) in [6.07, 6.45) is 0. The summed E-state index contributed by atoms with van der Waals surface area (Å²) in [6.45, 7) is 0. The van der Waals surface area contributed by atoms with Crippen molar-refractivity contribution in [1.29, 1.82) is 0 Å². The molecular weight excluding hydrogens is 216 g/mol. The van der Waals surface area contributed by atoms with Crippen LogP contribution in [-0.2, 0) is 4.79 Å². The number of halogens is 2. The predicted octanol–water partition coefficient (Wildman–Crippen LogP) is 0.711. The van der Waals surface area contributed by atoms with Crippen molar-refractivity contribution in [3.8, 4) is 0 Å². The minimum absolute atomic E-state index is 0.206. The molecule has 6 heteroatoms. The molecule has 1 aliphatic rings. The molecule has 1 aliphatic heterocycles. The fourth-order valence-corrected chi connectivity index (χ4v) is 1.54. The molecule has 0 saturated carbocycles. The third kappa shape index (κ3) is 1.62. The van der Waals surface area contributed by atoms with Gasteiger partial charge in [0.25, 0.3) is 5.91 Å². The van der Waals surface area contributed by atoms with Crippen LogP contribution >= 0.6 is 0 Å². The summed E-state index contributed by atoms with van der Waals surface area (Å²) in [5.74, 6) is -1.84. The number of aliphatic imine (C=N–C) groups is 1. The van der Waals surface area contributed by atoms with Crippen molar-refractivity contribution in [3.05, 3.63) is 35.4 Å². The van der Waals surface area contributed by atoms with E-state index in [-0.39, 0.29) is 11.5 Å². The molecule has 1 saturated heterocycles. The lowest BCUT2D eigenvalue weighted by atomic mass is 10.1. The molecule has 0 aliphatic carbocycles. The van der Waals surface area contributed by atoms with E-state index in [0.717, 1.165) is 12.1 Å². The third-order valence-corrected chi connectivity index (χ3v) is 2.30. The van der Waals surface area contributed by atoms with Crippen molar-refractivity contribution in [2.24, 2.45) is 4.99 Å². The third-order valence-electron chi connectivity index (χ3n) is 2.30. The van der Waals surface area contributed by atoms with Crippen molar-refractivity contribution in [2.45, 2.75) is 6.04 Å². The number of nitrogens with zero attached hydrogens (tertiary/aromatic N) is 1. The standard InChI is InChI=1S/C10H9F2N3O/c1-13-10-14-8(9(16)15-10)7-5(11)3-2-4-6(7)12/h2-4,8H,1H3,(H2,13,14,15,16). The summed E-state index contributed by atoms with van der Waals surface area (Å²) < 4.78 is 26.8. The number of benzene rings is 1. The maximum atomic E-state index is 13.4. The van der Waals surface area contributed by atoms with Crippen LogP contribution in [0.4, 0.5) is 8.78 Å². The molecule has 1 heterocycles. The zero-order valence-electron chi connectivity index (χ0n) is 8.42. The van der Waals surface area contributed by atoms with Crippen LogP contribution in [0, 0.1) is 11.6 Å². The van der Waals surface area contributed by atoms with Gasteiger partial charge in [0, 0.05) is 7.05 Å². The first-order valence-electron chi connectivity index (χ1n) is 4.61. The van der Waals surface area contributed by atoms with Gasteiger partial charge in [0.15, 0.2) is 5.96 Å². The van der Waals surface area contributed by atoms with Gasteiger partial charge in [0.2, 0.25) is 0 Å². The second-order valence-corrected chi connectivity index (χ2v) is 3.27. The Hall–Kier alpha value is -1.98. The van der Waals surface area contributed by atoms with E-state index in [2.05, 4.69) is 15.6 Å². The van der Waals surface area contributed by atoms with Gasteiger partial charge >= 0.3 is 0 Å². The minimum Gasteiger partial charge on any atom is -0.340 e. The average molecular weight is 225 g/mol. The number of rotatable bonds is 1. The lowest BCUT2D eigenvalue weighted by molar-refractivity contribution is -0.120. The van der Waals surface area contributed by atoms with Crippen LogP contribution < -0.4 is 10.6 Å². The van der Waals surface area contributed by atoms with Gasteiger partial charge in [-0.25, -0.2) is 8.78 Å². The van der Waals surface area contributed by atoms with E-state index in [9.17, 15) is 13.6 Å². The molecule has 0 radical (unpaired) electrons. The molecule has 16 heavy (non-hydrogen) atoms. The van der Waals surface area contributed by atoms with E-state index >= 15 is 0 Å². The quantitative estimate of drug-likeness (QED) is 0.739. The van der Waals surface area contributed by atoms with Gasteiger partial charge in [-0.2, -0.15) is 0 Å². The second-order valence-electron chi connectivity index (χ2n) is 3.27. The topological polar surface area (TPSA) is 53.5 Å². The predicted molar refractivity (Wildman–Crippen MR) is 53.7 cm³/mol. The van der Waals surface area contributed by atoms with Gasteiger partial charge in [0.1, 0.15) is 17.7 Å². The van der Waals surface area contributed by atoms with E-state index in [0.29, 0.717) is 0 Å². The zero-order chi connectivity index (χ0) is 11.7. The summed E-state index contributed by atoms with van der Waals surface area (Å²) in [5, 5.41) is 4.97. The number of hydrogen-bond donors (Lipinski definition) is 2. The van der Waals surface area contributed by atoms with E-state index in [1.54, 1.807) is 0 Å². The van der Waals surface area contributed by atoms with Gasteiger partial charge in [-0.3, -0.25) is 15.1 Å². The molecule has 2 rings (SSSR count). The fraction of sp³-hybridized carbons (Fsp3) is 0.200. The Morgan fingerprint density at radius 3 is 2.44 bits per heavy atom. The number of carbonyl (C=O) groups is 1. The molecule has 2 N–H and O–H groups in total. The van der Waals surface area contributed by atoms with E-state index in [1.807, 2.05) is 0 Å². The number of nitrogens with one attached hydrogen (secondary N) is 2. The lowest BCUT2D eigenvalue weighted by Crippen LogP contribution is -2.25. The Kier molecular flexibility index (Phi) is 2.55. The van der Waals surface area contributed by atoms with Crippen LogP contribution in [0.3, 0.4) is 0 Å². The summed E-state index contributed by atoms with van der Waals surface area (Å²) >= 11 is 0. The number of guanidine groups is 1. The Morgan fingerprint density at radius 1 is 1.31 bits per heavy atom. The smallest absolute Gasteiger partial charge is 0.254 e. The van der Waals surface area contributed by atoms with E-state index in [4.69, 9.17) is 0 Å². The fourth-order valence-electron chi connectivity index (χ4n) is 1.54. The van der Waals surface area contributed by atoms with Crippen molar-refractivity contribution in [2.75, 3.05) is 7.05 Å². The molecule has 1 fully saturated rings. The highest BCUT2D eigenvalue weighted by Crippen LogP contribution is 2.22. The van der Waals surface area contributed by atoms with Crippen LogP contribution in [-0.4, -0.2) is 18.9 Å². The van der Waals surface area contributed by atoms with Gasteiger partial charge in [-0.1, -0.05) is 6.07 Å². The minimum atomic E-state index is -1.07. The molecule has 0 spiro atoms. The first kappa shape index (κ1) is 10.5. The van der Waals surface area contributed by atoms with Gasteiger partial charge in [-0.15, -0.1) is 0 Å². The highest BCUT2D eigenvalue weighted by Gasteiger charge is 2.33. The lowest BCUT2D eigenvalue weighted by Gasteiger charge is -2.09. The number of amides is 1. The Labute approximate surface area is 90.4 Å². The molecule has 1 atom stereocenters. The Balaban J connectivity index is 2.42. The molecule has 0 bridgehead atoms. The van der Waals surface area contributed by atoms with Gasteiger partial charge < -0.3 is 5.32 Å².